The van der Waals surface area contributed by atoms with Gasteiger partial charge in [0.2, 0.25) is 5.91 Å². The number of allylic oxidation sites excluding steroid dienone is 3. The van der Waals surface area contributed by atoms with Gasteiger partial charge in [-0.05, 0) is 104 Å². The number of rotatable bonds is 2. The molecule has 1 unspecified atom stereocenters. The van der Waals surface area contributed by atoms with Crippen LogP contribution in [0, 0.1) is 68.0 Å². The smallest absolute Gasteiger partial charge is 0.238 e. The molecule has 1 aromatic rings. The van der Waals surface area contributed by atoms with E-state index in [1.54, 1.807) is 17.1 Å². The molecule has 39 heavy (non-hydrogen) atoms. The van der Waals surface area contributed by atoms with Crippen LogP contribution in [-0.4, -0.2) is 21.2 Å². The fourth-order valence-electron chi connectivity index (χ4n) is 11.7. The molecule has 5 aliphatic rings. The first kappa shape index (κ1) is 26.7. The first-order valence-electron chi connectivity index (χ1n) is 15.1. The van der Waals surface area contributed by atoms with E-state index in [9.17, 15) is 14.9 Å². The van der Waals surface area contributed by atoms with Crippen molar-refractivity contribution in [3.63, 3.8) is 0 Å². The van der Waals surface area contributed by atoms with E-state index in [1.807, 2.05) is 6.20 Å². The summed E-state index contributed by atoms with van der Waals surface area (Å²) in [6.45, 7) is 18.2. The second-order valence-corrected chi connectivity index (χ2v) is 15.2. The van der Waals surface area contributed by atoms with Crippen molar-refractivity contribution < 1.29 is 9.59 Å². The van der Waals surface area contributed by atoms with Crippen LogP contribution in [0.5, 0.6) is 0 Å². The standard InChI is InChI=1S/C34H45N3O2/c1-21(2)23-10-13-34(29(39)37-17-16-36-20-37)15-14-32(6)24(27(23)34)8-9-26-31(5)18-22(19-35)28(38)30(3,4)25(31)11-12-33(26,32)7/h16-18,20,23-27H,1,8-15H2,2-7H3/t23-,24?,25-,26+,27+,31-,32+,33+,34-/m0/s1. The Bertz CT molecular complexity index is 1320. The zero-order valence-electron chi connectivity index (χ0n) is 24.7. The lowest BCUT2D eigenvalue weighted by Crippen LogP contribution is -2.66. The zero-order chi connectivity index (χ0) is 28.2. The average molecular weight is 528 g/mol. The molecule has 0 radical (unpaired) electrons. The van der Waals surface area contributed by atoms with Crippen molar-refractivity contribution in [1.82, 2.24) is 9.55 Å². The summed E-state index contributed by atoms with van der Waals surface area (Å²) in [4.78, 5) is 31.7. The van der Waals surface area contributed by atoms with Crippen LogP contribution in [0.1, 0.15) is 97.7 Å². The third kappa shape index (κ3) is 3.15. The van der Waals surface area contributed by atoms with Crippen LogP contribution in [0.25, 0.3) is 0 Å². The van der Waals surface area contributed by atoms with Gasteiger partial charge in [-0.15, -0.1) is 0 Å². The van der Waals surface area contributed by atoms with Crippen molar-refractivity contribution in [2.45, 2.75) is 92.9 Å². The molecule has 0 saturated heterocycles. The van der Waals surface area contributed by atoms with Gasteiger partial charge in [0.05, 0.1) is 11.0 Å². The number of fused-ring (bicyclic) bond motifs is 7. The number of nitriles is 1. The van der Waals surface area contributed by atoms with Crippen molar-refractivity contribution >= 4 is 11.7 Å². The van der Waals surface area contributed by atoms with Gasteiger partial charge >= 0.3 is 0 Å². The number of ketones is 1. The molecule has 0 aliphatic heterocycles. The van der Waals surface area contributed by atoms with Crippen LogP contribution in [0.2, 0.25) is 0 Å². The predicted molar refractivity (Wildman–Crippen MR) is 151 cm³/mol. The van der Waals surface area contributed by atoms with Crippen LogP contribution in [0.15, 0.2) is 42.5 Å². The minimum absolute atomic E-state index is 0.0201. The van der Waals surface area contributed by atoms with Crippen molar-refractivity contribution in [3.05, 3.63) is 42.5 Å². The summed E-state index contributed by atoms with van der Waals surface area (Å²) >= 11 is 0. The Morgan fingerprint density at radius 1 is 1.03 bits per heavy atom. The summed E-state index contributed by atoms with van der Waals surface area (Å²) in [6.07, 6.45) is 15.5. The number of imidazole rings is 1. The van der Waals surface area contributed by atoms with Crippen LogP contribution < -0.4 is 0 Å². The number of hydrogen-bond acceptors (Lipinski definition) is 4. The molecule has 9 atom stereocenters. The normalized spacial score (nSPS) is 46.1. The zero-order valence-corrected chi connectivity index (χ0v) is 24.7. The van der Waals surface area contributed by atoms with Gasteiger partial charge in [0, 0.05) is 17.8 Å². The monoisotopic (exact) mass is 527 g/mol. The lowest BCUT2D eigenvalue weighted by atomic mass is 9.32. The number of hydrogen-bond donors (Lipinski definition) is 0. The summed E-state index contributed by atoms with van der Waals surface area (Å²) in [5, 5.41) is 9.95. The van der Waals surface area contributed by atoms with E-state index in [-0.39, 0.29) is 39.3 Å². The van der Waals surface area contributed by atoms with Gasteiger partial charge in [0.25, 0.3) is 0 Å². The number of nitrogens with zero attached hydrogens (tertiary/aromatic N) is 3. The fourth-order valence-corrected chi connectivity index (χ4v) is 11.7. The molecule has 1 aromatic heterocycles. The summed E-state index contributed by atoms with van der Waals surface area (Å²) in [5.74, 6) is 2.00. The lowest BCUT2D eigenvalue weighted by molar-refractivity contribution is -0.214. The van der Waals surface area contributed by atoms with Gasteiger partial charge in [-0.1, -0.05) is 52.8 Å². The van der Waals surface area contributed by atoms with Gasteiger partial charge in [0.15, 0.2) is 5.78 Å². The van der Waals surface area contributed by atoms with E-state index in [0.29, 0.717) is 29.2 Å². The van der Waals surface area contributed by atoms with Crippen molar-refractivity contribution in [1.29, 1.82) is 5.26 Å². The van der Waals surface area contributed by atoms with E-state index >= 15 is 0 Å². The van der Waals surface area contributed by atoms with Gasteiger partial charge < -0.3 is 0 Å². The third-order valence-corrected chi connectivity index (χ3v) is 13.7. The van der Waals surface area contributed by atoms with Crippen molar-refractivity contribution in [2.24, 2.45) is 56.7 Å². The number of carbonyl (C=O) groups is 2. The van der Waals surface area contributed by atoms with E-state index in [0.717, 1.165) is 51.4 Å². The molecule has 4 saturated carbocycles. The molecular formula is C34H45N3O2. The Morgan fingerprint density at radius 3 is 2.41 bits per heavy atom. The van der Waals surface area contributed by atoms with Crippen molar-refractivity contribution in [2.75, 3.05) is 0 Å². The summed E-state index contributed by atoms with van der Waals surface area (Å²) in [7, 11) is 0. The SMILES string of the molecule is C=C(C)[C@@H]1CC[C@]2(C(=O)n3ccnc3)CC[C@]3(C)C(CC[C@@H]4[C@@]5(C)C=C(C#N)C(=O)C(C)(C)[C@@H]5CC[C@]43C)[C@@H]12. The van der Waals surface area contributed by atoms with Crippen LogP contribution in [0.3, 0.4) is 0 Å². The first-order valence-corrected chi connectivity index (χ1v) is 15.1. The highest BCUT2D eigenvalue weighted by molar-refractivity contribution is 6.04. The summed E-state index contributed by atoms with van der Waals surface area (Å²) < 4.78 is 1.74. The molecule has 0 bridgehead atoms. The molecule has 5 aliphatic carbocycles. The third-order valence-electron chi connectivity index (χ3n) is 13.7. The topological polar surface area (TPSA) is 75.8 Å². The molecule has 0 amide bonds. The molecule has 5 nitrogen and oxygen atoms in total. The minimum atomic E-state index is -0.525. The number of carbonyl (C=O) groups excluding carboxylic acids is 2. The van der Waals surface area contributed by atoms with Crippen LogP contribution >= 0.6 is 0 Å². The largest absolute Gasteiger partial charge is 0.293 e. The van der Waals surface area contributed by atoms with E-state index in [2.05, 4.69) is 65.3 Å². The van der Waals surface area contributed by atoms with E-state index in [4.69, 9.17) is 0 Å². The van der Waals surface area contributed by atoms with Gasteiger partial charge in [-0.25, -0.2) is 4.98 Å². The highest BCUT2D eigenvalue weighted by Gasteiger charge is 2.72. The maximum absolute atomic E-state index is 14.2. The molecular weight excluding hydrogens is 482 g/mol. The fraction of sp³-hybridized carbons (Fsp3) is 0.706. The molecule has 1 heterocycles. The Morgan fingerprint density at radius 2 is 1.77 bits per heavy atom. The molecule has 0 spiro atoms. The van der Waals surface area contributed by atoms with Gasteiger partial charge in [-0.3, -0.25) is 14.2 Å². The highest BCUT2D eigenvalue weighted by atomic mass is 16.2. The Kier molecular flexibility index (Phi) is 5.67. The Balaban J connectivity index is 1.45. The second-order valence-electron chi connectivity index (χ2n) is 15.2. The van der Waals surface area contributed by atoms with Crippen LogP contribution in [-0.2, 0) is 4.79 Å². The molecule has 5 heteroatoms. The quantitative estimate of drug-likeness (QED) is 0.375. The Labute approximate surface area is 234 Å². The van der Waals surface area contributed by atoms with Gasteiger partial charge in [0.1, 0.15) is 12.4 Å². The average Bonchev–Trinajstić information content (AvgIpc) is 3.55. The molecule has 0 aromatic carbocycles. The summed E-state index contributed by atoms with van der Waals surface area (Å²) in [5.41, 5.74) is 0.672. The maximum atomic E-state index is 14.2. The Hall–Kier alpha value is -2.48. The molecule has 0 N–H and O–H groups in total. The predicted octanol–water partition coefficient (Wildman–Crippen LogP) is 7.42. The van der Waals surface area contributed by atoms with E-state index < -0.39 is 5.41 Å². The lowest BCUT2D eigenvalue weighted by Gasteiger charge is -2.71. The number of Topliss-reactive ketones (excluding diaryl/α,β-unsaturated/α-hetero) is 1. The first-order chi connectivity index (χ1) is 18.3. The van der Waals surface area contributed by atoms with Gasteiger partial charge in [-0.2, -0.15) is 5.26 Å². The van der Waals surface area contributed by atoms with Crippen molar-refractivity contribution in [3.8, 4) is 6.07 Å². The minimum Gasteiger partial charge on any atom is -0.293 e. The number of aromatic nitrogens is 2. The highest BCUT2D eigenvalue weighted by Crippen LogP contribution is 2.77. The van der Waals surface area contributed by atoms with E-state index in [1.165, 1.54) is 5.57 Å². The maximum Gasteiger partial charge on any atom is 0.238 e. The molecule has 6 rings (SSSR count). The van der Waals surface area contributed by atoms with Crippen LogP contribution in [0.4, 0.5) is 0 Å². The molecule has 4 fully saturated rings. The molecule has 208 valence electrons. The summed E-state index contributed by atoms with van der Waals surface area (Å²) in [6, 6.07) is 2.28. The second kappa shape index (κ2) is 8.27.